The molecule has 25 heavy (non-hydrogen) atoms. The van der Waals surface area contributed by atoms with Gasteiger partial charge in [0.1, 0.15) is 6.61 Å². The predicted octanol–water partition coefficient (Wildman–Crippen LogP) is 0.746. The minimum Gasteiger partial charge on any atom is -0.383 e. The quantitative estimate of drug-likeness (QED) is 0.651. The van der Waals surface area contributed by atoms with Crippen LogP contribution in [0.5, 0.6) is 0 Å². The van der Waals surface area contributed by atoms with Crippen LogP contribution >= 0.6 is 0 Å². The minimum absolute atomic E-state index is 0.0476. The fraction of sp³-hybridized carbons (Fsp3) is 0.562. The molecule has 0 atom stereocenters. The first-order valence-corrected chi connectivity index (χ1v) is 9.57. The Kier molecular flexibility index (Phi) is 8.30. The van der Waals surface area contributed by atoms with E-state index in [0.717, 1.165) is 11.3 Å². The third-order valence-electron chi connectivity index (χ3n) is 3.48. The fourth-order valence-electron chi connectivity index (χ4n) is 2.30. The molecule has 0 aromatic heterocycles. The Bertz CT molecular complexity index is 676. The van der Waals surface area contributed by atoms with Crippen molar-refractivity contribution in [2.24, 2.45) is 0 Å². The van der Waals surface area contributed by atoms with Crippen molar-refractivity contribution in [3.63, 3.8) is 0 Å². The predicted molar refractivity (Wildman–Crippen MR) is 98.4 cm³/mol. The zero-order valence-corrected chi connectivity index (χ0v) is 16.2. The molecule has 0 radical (unpaired) electrons. The number of nitrogens with one attached hydrogen (secondary N) is 1. The molecule has 1 aromatic carbocycles. The second kappa shape index (κ2) is 9.71. The monoisotopic (exact) mass is 373 g/mol. The molecule has 0 heterocycles. The van der Waals surface area contributed by atoms with Crippen LogP contribution in [0.2, 0.25) is 0 Å². The number of hydrogen-bond acceptors (Lipinski definition) is 6. The Morgan fingerprint density at radius 3 is 2.40 bits per heavy atom. The molecule has 0 aliphatic rings. The van der Waals surface area contributed by atoms with Crippen LogP contribution in [0.15, 0.2) is 18.2 Å². The van der Waals surface area contributed by atoms with Crippen molar-refractivity contribution in [2.45, 2.75) is 6.54 Å². The van der Waals surface area contributed by atoms with Crippen LogP contribution in [0, 0.1) is 0 Å². The largest absolute Gasteiger partial charge is 0.383 e. The van der Waals surface area contributed by atoms with Gasteiger partial charge in [-0.2, -0.15) is 4.31 Å². The number of carbonyl (C=O) groups is 1. The summed E-state index contributed by atoms with van der Waals surface area (Å²) in [4.78, 5) is 13.6. The number of carbonyl (C=O) groups excluding carboxylic acids is 1. The molecule has 1 N–H and O–H groups in total. The van der Waals surface area contributed by atoms with Crippen LogP contribution in [0.3, 0.4) is 0 Å². The van der Waals surface area contributed by atoms with Gasteiger partial charge in [0.2, 0.25) is 15.9 Å². The number of sulfonamides is 1. The van der Waals surface area contributed by atoms with Crippen LogP contribution < -0.4 is 10.2 Å². The summed E-state index contributed by atoms with van der Waals surface area (Å²) < 4.78 is 35.2. The van der Waals surface area contributed by atoms with Gasteiger partial charge in [-0.1, -0.05) is 0 Å². The summed E-state index contributed by atoms with van der Waals surface area (Å²) in [7, 11) is 3.33. The van der Waals surface area contributed by atoms with Crippen molar-refractivity contribution in [1.29, 1.82) is 0 Å². The van der Waals surface area contributed by atoms with Gasteiger partial charge in [-0.25, -0.2) is 8.42 Å². The van der Waals surface area contributed by atoms with Gasteiger partial charge in [0.05, 0.1) is 12.9 Å². The first-order chi connectivity index (χ1) is 11.7. The Morgan fingerprint density at radius 2 is 1.88 bits per heavy atom. The smallest absolute Gasteiger partial charge is 0.250 e. The van der Waals surface area contributed by atoms with Crippen LogP contribution in [0.4, 0.5) is 11.4 Å². The van der Waals surface area contributed by atoms with E-state index in [1.807, 2.05) is 25.1 Å². The molecule has 0 aliphatic carbocycles. The zero-order chi connectivity index (χ0) is 19.0. The van der Waals surface area contributed by atoms with E-state index in [1.54, 1.807) is 12.1 Å². The van der Waals surface area contributed by atoms with Crippen molar-refractivity contribution in [3.05, 3.63) is 23.8 Å². The van der Waals surface area contributed by atoms with Crippen LogP contribution in [0.1, 0.15) is 5.56 Å². The summed E-state index contributed by atoms with van der Waals surface area (Å²) in [6.45, 7) is 0.689. The fourth-order valence-corrected chi connectivity index (χ4v) is 3.08. The summed E-state index contributed by atoms with van der Waals surface area (Å²) >= 11 is 0. The molecule has 0 aliphatic heterocycles. The minimum atomic E-state index is -3.39. The van der Waals surface area contributed by atoms with Gasteiger partial charge < -0.3 is 19.7 Å². The number of anilines is 2. The van der Waals surface area contributed by atoms with Gasteiger partial charge in [0, 0.05) is 52.8 Å². The standard InChI is InChI=1S/C16H27N3O5S/c1-18(2)15-7-6-14(17-16(20)12-24-4)10-13(15)11-19(8-9-23-3)25(5,21)22/h6-7,10H,8-9,11-12H2,1-5H3,(H,17,20). The average Bonchev–Trinajstić information content (AvgIpc) is 2.50. The van der Waals surface area contributed by atoms with Gasteiger partial charge >= 0.3 is 0 Å². The maximum Gasteiger partial charge on any atom is 0.250 e. The van der Waals surface area contributed by atoms with Crippen molar-refractivity contribution < 1.29 is 22.7 Å². The lowest BCUT2D eigenvalue weighted by molar-refractivity contribution is -0.119. The highest BCUT2D eigenvalue weighted by Gasteiger charge is 2.19. The van der Waals surface area contributed by atoms with Crippen LogP contribution in [0.25, 0.3) is 0 Å². The first-order valence-electron chi connectivity index (χ1n) is 7.72. The number of rotatable bonds is 10. The molecular weight excluding hydrogens is 346 g/mol. The summed E-state index contributed by atoms with van der Waals surface area (Å²) in [5.41, 5.74) is 2.24. The second-order valence-corrected chi connectivity index (χ2v) is 7.79. The molecule has 0 spiro atoms. The molecule has 1 rings (SSSR count). The van der Waals surface area contributed by atoms with E-state index in [9.17, 15) is 13.2 Å². The highest BCUT2D eigenvalue weighted by molar-refractivity contribution is 7.88. The van der Waals surface area contributed by atoms with E-state index in [1.165, 1.54) is 24.8 Å². The molecule has 0 fully saturated rings. The number of ether oxygens (including phenoxy) is 2. The van der Waals surface area contributed by atoms with E-state index in [-0.39, 0.29) is 25.6 Å². The maximum absolute atomic E-state index is 12.0. The number of benzene rings is 1. The van der Waals surface area contributed by atoms with Gasteiger partial charge in [0.15, 0.2) is 0 Å². The van der Waals surface area contributed by atoms with Gasteiger partial charge in [-0.3, -0.25) is 4.79 Å². The summed E-state index contributed by atoms with van der Waals surface area (Å²) in [6, 6.07) is 5.38. The molecule has 142 valence electrons. The number of hydrogen-bond donors (Lipinski definition) is 1. The normalized spacial score (nSPS) is 11.6. The van der Waals surface area contributed by atoms with Gasteiger partial charge in [-0.15, -0.1) is 0 Å². The topological polar surface area (TPSA) is 88.2 Å². The molecule has 1 aromatic rings. The Morgan fingerprint density at radius 1 is 1.20 bits per heavy atom. The molecule has 0 saturated carbocycles. The lowest BCUT2D eigenvalue weighted by atomic mass is 10.1. The number of methoxy groups -OCH3 is 2. The van der Waals surface area contributed by atoms with E-state index in [2.05, 4.69) is 5.32 Å². The first kappa shape index (κ1) is 21.4. The second-order valence-electron chi connectivity index (χ2n) is 5.81. The molecule has 9 heteroatoms. The van der Waals surface area contributed by atoms with Crippen molar-refractivity contribution in [3.8, 4) is 0 Å². The van der Waals surface area contributed by atoms with Gasteiger partial charge in [0.25, 0.3) is 0 Å². The number of nitrogens with zero attached hydrogens (tertiary/aromatic N) is 2. The Labute approximate surface area is 149 Å². The highest BCUT2D eigenvalue weighted by atomic mass is 32.2. The van der Waals surface area contributed by atoms with Crippen molar-refractivity contribution >= 4 is 27.3 Å². The van der Waals surface area contributed by atoms with Crippen LogP contribution in [-0.4, -0.2) is 73.0 Å². The molecular formula is C16H27N3O5S. The van der Waals surface area contributed by atoms with Gasteiger partial charge in [-0.05, 0) is 23.8 Å². The summed E-state index contributed by atoms with van der Waals surface area (Å²) in [5.74, 6) is -0.273. The molecule has 1 amide bonds. The lowest BCUT2D eigenvalue weighted by Crippen LogP contribution is -2.33. The van der Waals surface area contributed by atoms with Crippen molar-refractivity contribution in [2.75, 3.05) is 64.5 Å². The molecule has 0 saturated heterocycles. The molecule has 8 nitrogen and oxygen atoms in total. The Hall–Kier alpha value is -1.68. The van der Waals surface area contributed by atoms with E-state index < -0.39 is 10.0 Å². The number of amides is 1. The summed E-state index contributed by atoms with van der Waals surface area (Å²) in [6.07, 6.45) is 1.17. The van der Waals surface area contributed by atoms with Crippen molar-refractivity contribution in [1.82, 2.24) is 4.31 Å². The third-order valence-corrected chi connectivity index (χ3v) is 4.73. The zero-order valence-electron chi connectivity index (χ0n) is 15.4. The van der Waals surface area contributed by atoms with E-state index >= 15 is 0 Å². The van der Waals surface area contributed by atoms with E-state index in [4.69, 9.17) is 9.47 Å². The van der Waals surface area contributed by atoms with Crippen LogP contribution in [-0.2, 0) is 30.8 Å². The summed E-state index contributed by atoms with van der Waals surface area (Å²) in [5, 5.41) is 2.73. The molecule has 0 bridgehead atoms. The lowest BCUT2D eigenvalue weighted by Gasteiger charge is -2.24. The third kappa shape index (κ3) is 6.99. The molecule has 0 unspecified atom stereocenters. The SMILES string of the molecule is COCCN(Cc1cc(NC(=O)COC)ccc1N(C)C)S(C)(=O)=O. The highest BCUT2D eigenvalue weighted by Crippen LogP contribution is 2.25. The average molecular weight is 373 g/mol. The van der Waals surface area contributed by atoms with E-state index in [0.29, 0.717) is 12.3 Å². The Balaban J connectivity index is 3.13. The maximum atomic E-state index is 12.0.